The van der Waals surface area contributed by atoms with E-state index in [9.17, 15) is 9.59 Å². The van der Waals surface area contributed by atoms with E-state index in [2.05, 4.69) is 4.98 Å². The van der Waals surface area contributed by atoms with Gasteiger partial charge in [-0.3, -0.25) is 4.79 Å². The second kappa shape index (κ2) is 5.77. The maximum absolute atomic E-state index is 11.6. The zero-order valence-electron chi connectivity index (χ0n) is 11.4. The molecule has 0 saturated carbocycles. The Morgan fingerprint density at radius 2 is 1.95 bits per heavy atom. The monoisotopic (exact) mass is 278 g/mol. The third kappa shape index (κ3) is 2.98. The van der Waals surface area contributed by atoms with Gasteiger partial charge in [0, 0.05) is 32.6 Å². The van der Waals surface area contributed by atoms with Gasteiger partial charge in [0.15, 0.2) is 0 Å². The predicted octanol–water partition coefficient (Wildman–Crippen LogP) is 0.421. The van der Waals surface area contributed by atoms with Crippen LogP contribution in [-0.4, -0.2) is 53.0 Å². The molecular weight excluding hydrogens is 260 g/mol. The standard InChI is InChI=1S/C13H18N4O3/c1-2-12(18)17-5-3-16(4-6-17)11-8-9(13(19)20)7-10(14)15-11/h7-8H,2-6H2,1H3,(H2,14,15)(H,19,20). The van der Waals surface area contributed by atoms with Crippen LogP contribution < -0.4 is 10.6 Å². The normalized spacial score (nSPS) is 15.2. The van der Waals surface area contributed by atoms with Crippen molar-refractivity contribution in [1.29, 1.82) is 0 Å². The van der Waals surface area contributed by atoms with Gasteiger partial charge in [0.1, 0.15) is 11.6 Å². The van der Waals surface area contributed by atoms with Crippen molar-refractivity contribution in [2.24, 2.45) is 0 Å². The Labute approximate surface area is 117 Å². The Balaban J connectivity index is 2.10. The first-order chi connectivity index (χ1) is 9.51. The van der Waals surface area contributed by atoms with Gasteiger partial charge in [-0.2, -0.15) is 0 Å². The maximum Gasteiger partial charge on any atom is 0.335 e. The number of carbonyl (C=O) groups excluding carboxylic acids is 1. The number of hydrogen-bond acceptors (Lipinski definition) is 5. The largest absolute Gasteiger partial charge is 0.478 e. The summed E-state index contributed by atoms with van der Waals surface area (Å²) in [6.07, 6.45) is 0.500. The summed E-state index contributed by atoms with van der Waals surface area (Å²) >= 11 is 0. The van der Waals surface area contributed by atoms with E-state index in [-0.39, 0.29) is 17.3 Å². The Morgan fingerprint density at radius 3 is 2.50 bits per heavy atom. The number of nitrogens with zero attached hydrogens (tertiary/aromatic N) is 3. The van der Waals surface area contributed by atoms with Crippen molar-refractivity contribution in [2.75, 3.05) is 36.8 Å². The molecule has 0 atom stereocenters. The number of carbonyl (C=O) groups is 2. The van der Waals surface area contributed by atoms with Crippen molar-refractivity contribution in [3.05, 3.63) is 17.7 Å². The number of carboxylic acids is 1. The number of nitrogen functional groups attached to an aromatic ring is 1. The Kier molecular flexibility index (Phi) is 4.07. The minimum atomic E-state index is -1.03. The summed E-state index contributed by atoms with van der Waals surface area (Å²) in [6.45, 7) is 4.33. The summed E-state index contributed by atoms with van der Waals surface area (Å²) in [5, 5.41) is 9.02. The molecule has 0 aromatic carbocycles. The van der Waals surface area contributed by atoms with E-state index >= 15 is 0 Å². The van der Waals surface area contributed by atoms with Gasteiger partial charge in [0.05, 0.1) is 5.56 Å². The summed E-state index contributed by atoms with van der Waals surface area (Å²) < 4.78 is 0. The number of aromatic nitrogens is 1. The number of anilines is 2. The van der Waals surface area contributed by atoms with Crippen LogP contribution >= 0.6 is 0 Å². The Bertz CT molecular complexity index is 524. The zero-order valence-corrected chi connectivity index (χ0v) is 11.4. The van der Waals surface area contributed by atoms with Crippen molar-refractivity contribution in [2.45, 2.75) is 13.3 Å². The number of piperazine rings is 1. The Morgan fingerprint density at radius 1 is 1.30 bits per heavy atom. The van der Waals surface area contributed by atoms with Gasteiger partial charge in [-0.05, 0) is 12.1 Å². The molecule has 0 radical (unpaired) electrons. The molecule has 1 fully saturated rings. The first-order valence-electron chi connectivity index (χ1n) is 6.55. The minimum Gasteiger partial charge on any atom is -0.478 e. The number of nitrogens with two attached hydrogens (primary N) is 1. The molecule has 1 aliphatic heterocycles. The lowest BCUT2D eigenvalue weighted by atomic mass is 10.2. The SMILES string of the molecule is CCC(=O)N1CCN(c2cc(C(=O)O)cc(N)n2)CC1. The average Bonchev–Trinajstić information content (AvgIpc) is 2.46. The fourth-order valence-electron chi connectivity index (χ4n) is 2.23. The lowest BCUT2D eigenvalue weighted by Crippen LogP contribution is -2.48. The number of rotatable bonds is 3. The summed E-state index contributed by atoms with van der Waals surface area (Å²) in [5.41, 5.74) is 5.76. The first kappa shape index (κ1) is 14.1. The van der Waals surface area contributed by atoms with Crippen LogP contribution in [0.15, 0.2) is 12.1 Å². The number of hydrogen-bond donors (Lipinski definition) is 2. The predicted molar refractivity (Wildman–Crippen MR) is 74.7 cm³/mol. The molecule has 108 valence electrons. The highest BCUT2D eigenvalue weighted by atomic mass is 16.4. The van der Waals surface area contributed by atoms with Crippen molar-refractivity contribution < 1.29 is 14.7 Å². The van der Waals surface area contributed by atoms with Gasteiger partial charge >= 0.3 is 5.97 Å². The highest BCUT2D eigenvalue weighted by Crippen LogP contribution is 2.18. The summed E-state index contributed by atoms with van der Waals surface area (Å²) in [4.78, 5) is 30.5. The smallest absolute Gasteiger partial charge is 0.335 e. The molecule has 2 rings (SSSR count). The third-order valence-corrected chi connectivity index (χ3v) is 3.34. The van der Waals surface area contributed by atoms with E-state index in [0.717, 1.165) is 0 Å². The molecule has 1 aromatic rings. The molecule has 3 N–H and O–H groups in total. The van der Waals surface area contributed by atoms with Crippen LogP contribution in [-0.2, 0) is 4.79 Å². The fourth-order valence-corrected chi connectivity index (χ4v) is 2.23. The van der Waals surface area contributed by atoms with Gasteiger partial charge in [-0.25, -0.2) is 9.78 Å². The van der Waals surface area contributed by atoms with Crippen LogP contribution in [0.2, 0.25) is 0 Å². The van der Waals surface area contributed by atoms with Crippen molar-refractivity contribution in [3.63, 3.8) is 0 Å². The lowest BCUT2D eigenvalue weighted by molar-refractivity contribution is -0.131. The number of amides is 1. The minimum absolute atomic E-state index is 0.125. The van der Waals surface area contributed by atoms with E-state index in [1.807, 2.05) is 11.8 Å². The van der Waals surface area contributed by atoms with Crippen LogP contribution in [0, 0.1) is 0 Å². The summed E-state index contributed by atoms with van der Waals surface area (Å²) in [6, 6.07) is 2.85. The van der Waals surface area contributed by atoms with Crippen molar-refractivity contribution in [1.82, 2.24) is 9.88 Å². The van der Waals surface area contributed by atoms with E-state index < -0.39 is 5.97 Å². The van der Waals surface area contributed by atoms with E-state index in [4.69, 9.17) is 10.8 Å². The van der Waals surface area contributed by atoms with Crippen molar-refractivity contribution in [3.8, 4) is 0 Å². The number of carboxylic acid groups (broad SMARTS) is 1. The first-order valence-corrected chi connectivity index (χ1v) is 6.55. The van der Waals surface area contributed by atoms with E-state index in [1.54, 1.807) is 4.90 Å². The van der Waals surface area contributed by atoms with Crippen LogP contribution in [0.1, 0.15) is 23.7 Å². The molecular formula is C13H18N4O3. The topological polar surface area (TPSA) is 99.8 Å². The van der Waals surface area contributed by atoms with Crippen LogP contribution in [0.5, 0.6) is 0 Å². The van der Waals surface area contributed by atoms with Gasteiger partial charge in [-0.15, -0.1) is 0 Å². The molecule has 2 heterocycles. The van der Waals surface area contributed by atoms with Crippen molar-refractivity contribution >= 4 is 23.5 Å². The van der Waals surface area contributed by atoms with Crippen LogP contribution in [0.4, 0.5) is 11.6 Å². The Hall–Kier alpha value is -2.31. The van der Waals surface area contributed by atoms with Gasteiger partial charge in [-0.1, -0.05) is 6.92 Å². The van der Waals surface area contributed by atoms with Gasteiger partial charge in [0.2, 0.25) is 5.91 Å². The summed E-state index contributed by atoms with van der Waals surface area (Å²) in [5.74, 6) is -0.158. The third-order valence-electron chi connectivity index (χ3n) is 3.34. The second-order valence-electron chi connectivity index (χ2n) is 4.67. The van der Waals surface area contributed by atoms with E-state index in [1.165, 1.54) is 12.1 Å². The number of pyridine rings is 1. The lowest BCUT2D eigenvalue weighted by Gasteiger charge is -2.35. The highest BCUT2D eigenvalue weighted by molar-refractivity contribution is 5.89. The van der Waals surface area contributed by atoms with E-state index in [0.29, 0.717) is 38.4 Å². The van der Waals surface area contributed by atoms with Gasteiger partial charge in [0.25, 0.3) is 0 Å². The molecule has 20 heavy (non-hydrogen) atoms. The van der Waals surface area contributed by atoms with Gasteiger partial charge < -0.3 is 20.6 Å². The molecule has 0 aliphatic carbocycles. The fraction of sp³-hybridized carbons (Fsp3) is 0.462. The molecule has 0 unspecified atom stereocenters. The molecule has 1 saturated heterocycles. The number of aromatic carboxylic acids is 1. The maximum atomic E-state index is 11.6. The highest BCUT2D eigenvalue weighted by Gasteiger charge is 2.21. The molecule has 7 heteroatoms. The average molecular weight is 278 g/mol. The molecule has 1 aliphatic rings. The quantitative estimate of drug-likeness (QED) is 0.831. The molecule has 0 spiro atoms. The zero-order chi connectivity index (χ0) is 14.7. The second-order valence-corrected chi connectivity index (χ2v) is 4.67. The molecule has 0 bridgehead atoms. The molecule has 7 nitrogen and oxygen atoms in total. The molecule has 1 amide bonds. The summed E-state index contributed by atoms with van der Waals surface area (Å²) in [7, 11) is 0. The van der Waals surface area contributed by atoms with Crippen LogP contribution in [0.25, 0.3) is 0 Å². The molecule has 1 aromatic heterocycles. The van der Waals surface area contributed by atoms with Crippen LogP contribution in [0.3, 0.4) is 0 Å².